The number of sulfonamides is 1. The van der Waals surface area contributed by atoms with E-state index in [0.29, 0.717) is 30.9 Å². The van der Waals surface area contributed by atoms with Crippen LogP contribution in [0.1, 0.15) is 49.8 Å². The number of nitrogens with zero attached hydrogens (tertiary/aromatic N) is 1. The number of aryl methyl sites for hydroxylation is 1. The molecule has 0 fully saturated rings. The fourth-order valence-corrected chi connectivity index (χ4v) is 2.58. The van der Waals surface area contributed by atoms with E-state index in [1.807, 2.05) is 20.8 Å². The van der Waals surface area contributed by atoms with E-state index in [1.165, 1.54) is 0 Å². The molecule has 20 heavy (non-hydrogen) atoms. The predicted molar refractivity (Wildman–Crippen MR) is 73.7 cm³/mol. The van der Waals surface area contributed by atoms with E-state index in [-0.39, 0.29) is 17.2 Å². The summed E-state index contributed by atoms with van der Waals surface area (Å²) >= 11 is 0. The Balaban J connectivity index is 2.97. The number of carbonyl (C=O) groups excluding carboxylic acids is 1. The third kappa shape index (κ3) is 4.31. The van der Waals surface area contributed by atoms with Crippen LogP contribution in [0.15, 0.2) is 4.90 Å². The Bertz CT molecular complexity index is 563. The van der Waals surface area contributed by atoms with Gasteiger partial charge in [0.05, 0.1) is 12.3 Å². The summed E-state index contributed by atoms with van der Waals surface area (Å²) in [7, 11) is -4.02. The monoisotopic (exact) mass is 303 g/mol. The molecule has 1 aromatic rings. The van der Waals surface area contributed by atoms with Crippen LogP contribution in [0.4, 0.5) is 0 Å². The fourth-order valence-electron chi connectivity index (χ4n) is 1.69. The smallest absolute Gasteiger partial charge is 0.360 e. The molecule has 0 spiro atoms. The highest BCUT2D eigenvalue weighted by molar-refractivity contribution is 7.89. The zero-order valence-electron chi connectivity index (χ0n) is 12.0. The third-order valence-electron chi connectivity index (χ3n) is 2.70. The lowest BCUT2D eigenvalue weighted by Gasteiger charge is -2.06. The minimum Gasteiger partial charge on any atom is -0.461 e. The van der Waals surface area contributed by atoms with Crippen molar-refractivity contribution in [1.82, 2.24) is 10.2 Å². The number of carbonyl (C=O) groups is 1. The molecule has 0 aliphatic heterocycles. The maximum Gasteiger partial charge on any atom is 0.360 e. The van der Waals surface area contributed by atoms with Crippen molar-refractivity contribution in [3.63, 3.8) is 0 Å². The predicted octanol–water partition coefficient (Wildman–Crippen LogP) is 1.21. The van der Waals surface area contributed by atoms with Gasteiger partial charge in [-0.3, -0.25) is 5.10 Å². The molecule has 1 aromatic heterocycles. The molecule has 1 rings (SSSR count). The summed E-state index contributed by atoms with van der Waals surface area (Å²) in [6.07, 6.45) is 1.84. The number of esters is 1. The summed E-state index contributed by atoms with van der Waals surface area (Å²) in [6, 6.07) is 0. The van der Waals surface area contributed by atoms with E-state index in [1.54, 1.807) is 0 Å². The first-order chi connectivity index (χ1) is 9.27. The average molecular weight is 303 g/mol. The van der Waals surface area contributed by atoms with Crippen LogP contribution < -0.4 is 5.14 Å². The first-order valence-corrected chi connectivity index (χ1v) is 8.09. The van der Waals surface area contributed by atoms with Crippen molar-refractivity contribution >= 4 is 16.0 Å². The van der Waals surface area contributed by atoms with Gasteiger partial charge in [-0.05, 0) is 18.8 Å². The van der Waals surface area contributed by atoms with Crippen LogP contribution in [0.3, 0.4) is 0 Å². The van der Waals surface area contributed by atoms with Gasteiger partial charge in [0.15, 0.2) is 5.69 Å². The quantitative estimate of drug-likeness (QED) is 0.735. The van der Waals surface area contributed by atoms with Gasteiger partial charge in [0.1, 0.15) is 4.90 Å². The molecule has 0 aliphatic carbocycles. The van der Waals surface area contributed by atoms with Gasteiger partial charge in [-0.1, -0.05) is 27.2 Å². The number of nitrogens with two attached hydrogens (primary N) is 1. The van der Waals surface area contributed by atoms with Crippen LogP contribution in [0, 0.1) is 5.92 Å². The number of H-pyrrole nitrogens is 1. The van der Waals surface area contributed by atoms with Crippen molar-refractivity contribution in [3.8, 4) is 0 Å². The molecule has 0 unspecified atom stereocenters. The Morgan fingerprint density at radius 3 is 2.60 bits per heavy atom. The van der Waals surface area contributed by atoms with Crippen molar-refractivity contribution in [2.24, 2.45) is 11.1 Å². The van der Waals surface area contributed by atoms with E-state index in [4.69, 9.17) is 9.88 Å². The Kier molecular flexibility index (Phi) is 5.70. The van der Waals surface area contributed by atoms with Gasteiger partial charge >= 0.3 is 5.97 Å². The fraction of sp³-hybridized carbons (Fsp3) is 0.667. The van der Waals surface area contributed by atoms with E-state index in [0.717, 1.165) is 0 Å². The highest BCUT2D eigenvalue weighted by atomic mass is 32.2. The summed E-state index contributed by atoms with van der Waals surface area (Å²) in [4.78, 5) is 11.6. The molecule has 0 saturated heterocycles. The maximum atomic E-state index is 11.9. The molecule has 114 valence electrons. The second-order valence-corrected chi connectivity index (χ2v) is 6.49. The molecule has 7 nitrogen and oxygen atoms in total. The van der Waals surface area contributed by atoms with Crippen LogP contribution >= 0.6 is 0 Å². The first kappa shape index (κ1) is 16.6. The minimum absolute atomic E-state index is 0.219. The molecule has 0 aromatic carbocycles. The number of aromatic nitrogens is 2. The summed E-state index contributed by atoms with van der Waals surface area (Å²) in [5, 5.41) is 11.4. The Labute approximate surface area is 118 Å². The lowest BCUT2D eigenvalue weighted by atomic mass is 10.1. The average Bonchev–Trinajstić information content (AvgIpc) is 2.72. The Morgan fingerprint density at radius 1 is 1.45 bits per heavy atom. The summed E-state index contributed by atoms with van der Waals surface area (Å²) in [5.41, 5.74) is 0.0746. The SMILES string of the molecule is CCCc1[nH]nc(C(=O)OCCC(C)C)c1S(N)(=O)=O. The van der Waals surface area contributed by atoms with Gasteiger partial charge in [-0.15, -0.1) is 0 Å². The Hall–Kier alpha value is -1.41. The van der Waals surface area contributed by atoms with E-state index in [9.17, 15) is 13.2 Å². The topological polar surface area (TPSA) is 115 Å². The number of hydrogen-bond donors (Lipinski definition) is 2. The van der Waals surface area contributed by atoms with E-state index < -0.39 is 16.0 Å². The second-order valence-electron chi connectivity index (χ2n) is 4.99. The zero-order valence-corrected chi connectivity index (χ0v) is 12.8. The van der Waals surface area contributed by atoms with Gasteiger partial charge in [0, 0.05) is 0 Å². The zero-order chi connectivity index (χ0) is 15.3. The summed E-state index contributed by atoms with van der Waals surface area (Å²) in [6.45, 7) is 6.10. The van der Waals surface area contributed by atoms with Gasteiger partial charge in [-0.2, -0.15) is 5.10 Å². The number of hydrogen-bond acceptors (Lipinski definition) is 5. The minimum atomic E-state index is -4.02. The van der Waals surface area contributed by atoms with Gasteiger partial charge in [-0.25, -0.2) is 18.4 Å². The first-order valence-electron chi connectivity index (χ1n) is 6.54. The van der Waals surface area contributed by atoms with Gasteiger partial charge in [0.2, 0.25) is 10.0 Å². The summed E-state index contributed by atoms with van der Waals surface area (Å²) in [5.74, 6) is -0.386. The Morgan fingerprint density at radius 2 is 2.10 bits per heavy atom. The highest BCUT2D eigenvalue weighted by Gasteiger charge is 2.28. The maximum absolute atomic E-state index is 11.9. The van der Waals surface area contributed by atoms with Crippen LogP contribution in [0.2, 0.25) is 0 Å². The lowest BCUT2D eigenvalue weighted by Crippen LogP contribution is -2.19. The van der Waals surface area contributed by atoms with Crippen molar-refractivity contribution in [1.29, 1.82) is 0 Å². The van der Waals surface area contributed by atoms with Crippen LogP contribution in [0.25, 0.3) is 0 Å². The number of primary sulfonamides is 1. The molecule has 3 N–H and O–H groups in total. The largest absolute Gasteiger partial charge is 0.461 e. The van der Waals surface area contributed by atoms with Crippen molar-refractivity contribution in [2.75, 3.05) is 6.61 Å². The van der Waals surface area contributed by atoms with Crippen LogP contribution in [-0.2, 0) is 21.2 Å². The molecule has 0 aliphatic rings. The van der Waals surface area contributed by atoms with Crippen molar-refractivity contribution < 1.29 is 17.9 Å². The number of ether oxygens (including phenoxy) is 1. The van der Waals surface area contributed by atoms with Gasteiger partial charge in [0.25, 0.3) is 0 Å². The molecular formula is C12H21N3O4S. The molecule has 0 bridgehead atoms. The molecule has 8 heteroatoms. The normalized spacial score (nSPS) is 11.8. The molecule has 0 amide bonds. The second kappa shape index (κ2) is 6.85. The lowest BCUT2D eigenvalue weighted by molar-refractivity contribution is 0.0476. The van der Waals surface area contributed by atoms with E-state index in [2.05, 4.69) is 10.2 Å². The molecular weight excluding hydrogens is 282 g/mol. The number of nitrogens with one attached hydrogen (secondary N) is 1. The molecule has 0 atom stereocenters. The van der Waals surface area contributed by atoms with Crippen LogP contribution in [-0.4, -0.2) is 31.2 Å². The van der Waals surface area contributed by atoms with Crippen LogP contribution in [0.5, 0.6) is 0 Å². The van der Waals surface area contributed by atoms with Gasteiger partial charge < -0.3 is 4.74 Å². The third-order valence-corrected chi connectivity index (χ3v) is 3.71. The molecule has 0 saturated carbocycles. The number of rotatable bonds is 7. The molecule has 0 radical (unpaired) electrons. The van der Waals surface area contributed by atoms with Crippen molar-refractivity contribution in [3.05, 3.63) is 11.4 Å². The van der Waals surface area contributed by atoms with Crippen molar-refractivity contribution in [2.45, 2.75) is 44.9 Å². The summed E-state index contributed by atoms with van der Waals surface area (Å²) < 4.78 is 28.2. The standard InChI is InChI=1S/C12H21N3O4S/c1-4-5-9-11(20(13,17)18)10(15-14-9)12(16)19-7-6-8(2)3/h8H,4-7H2,1-3H3,(H,14,15)(H2,13,17,18). The molecule has 1 heterocycles. The van der Waals surface area contributed by atoms with E-state index >= 15 is 0 Å². The highest BCUT2D eigenvalue weighted by Crippen LogP contribution is 2.19. The number of aromatic amines is 1.